The van der Waals surface area contributed by atoms with Crippen LogP contribution in [-0.4, -0.2) is 18.0 Å². The van der Waals surface area contributed by atoms with Crippen LogP contribution in [0.4, 0.5) is 11.4 Å². The average molecular weight is 297 g/mol. The summed E-state index contributed by atoms with van der Waals surface area (Å²) in [6, 6.07) is 5.20. The van der Waals surface area contributed by atoms with E-state index < -0.39 is 0 Å². The molecule has 90 valence electrons. The fourth-order valence-electron chi connectivity index (χ4n) is 1.90. The Hall–Kier alpha value is -1.36. The smallest absolute Gasteiger partial charge is 0.293 e. The van der Waals surface area contributed by atoms with Crippen molar-refractivity contribution < 1.29 is 4.92 Å². The van der Waals surface area contributed by atoms with Crippen LogP contribution in [0.2, 0.25) is 0 Å². The van der Waals surface area contributed by atoms with Gasteiger partial charge in [-0.15, -0.1) is 0 Å². The normalized spacial score (nSPS) is 15.6. The Morgan fingerprint density at radius 3 is 2.82 bits per heavy atom. The van der Waals surface area contributed by atoms with Gasteiger partial charge in [0.1, 0.15) is 5.69 Å². The highest BCUT2D eigenvalue weighted by Crippen LogP contribution is 2.32. The van der Waals surface area contributed by atoms with Crippen LogP contribution in [-0.2, 0) is 0 Å². The van der Waals surface area contributed by atoms with Crippen LogP contribution in [0.1, 0.15) is 13.3 Å². The van der Waals surface area contributed by atoms with Crippen LogP contribution in [0.3, 0.4) is 0 Å². The standard InChI is InChI=1S/C12H13BrN2O2/c1-9-4-6-14(7-5-9)11-3-2-10(13)8-12(11)15(16)17/h2-4,8H,5-7H2,1H3. The first-order valence-electron chi connectivity index (χ1n) is 5.42. The number of nitro benzene ring substituents is 1. The van der Waals surface area contributed by atoms with Crippen molar-refractivity contribution in [1.29, 1.82) is 0 Å². The topological polar surface area (TPSA) is 46.4 Å². The molecule has 0 bridgehead atoms. The maximum Gasteiger partial charge on any atom is 0.293 e. The van der Waals surface area contributed by atoms with Crippen molar-refractivity contribution >= 4 is 27.3 Å². The third kappa shape index (κ3) is 2.66. The molecule has 1 aromatic rings. The molecule has 1 aromatic carbocycles. The zero-order valence-corrected chi connectivity index (χ0v) is 11.1. The molecule has 0 amide bonds. The Labute approximate surface area is 108 Å². The first-order valence-corrected chi connectivity index (χ1v) is 6.22. The van der Waals surface area contributed by atoms with Gasteiger partial charge in [0.2, 0.25) is 0 Å². The summed E-state index contributed by atoms with van der Waals surface area (Å²) >= 11 is 3.26. The molecule has 2 rings (SSSR count). The van der Waals surface area contributed by atoms with Gasteiger partial charge in [-0.1, -0.05) is 27.6 Å². The summed E-state index contributed by atoms with van der Waals surface area (Å²) in [5, 5.41) is 11.0. The van der Waals surface area contributed by atoms with Gasteiger partial charge in [0, 0.05) is 23.6 Å². The van der Waals surface area contributed by atoms with E-state index >= 15 is 0 Å². The Balaban J connectivity index is 2.35. The van der Waals surface area contributed by atoms with Gasteiger partial charge in [-0.2, -0.15) is 0 Å². The summed E-state index contributed by atoms with van der Waals surface area (Å²) in [5.74, 6) is 0. The van der Waals surface area contributed by atoms with E-state index in [0.717, 1.165) is 24.0 Å². The van der Waals surface area contributed by atoms with Gasteiger partial charge < -0.3 is 4.90 Å². The van der Waals surface area contributed by atoms with E-state index in [2.05, 4.69) is 28.9 Å². The second-order valence-corrected chi connectivity index (χ2v) is 5.05. The lowest BCUT2D eigenvalue weighted by atomic mass is 10.1. The van der Waals surface area contributed by atoms with Gasteiger partial charge in [0.25, 0.3) is 5.69 Å². The number of halogens is 1. The SMILES string of the molecule is CC1=CCN(c2ccc(Br)cc2[N+](=O)[O-])CC1. The van der Waals surface area contributed by atoms with E-state index in [-0.39, 0.29) is 10.6 Å². The molecule has 0 aliphatic carbocycles. The molecule has 4 nitrogen and oxygen atoms in total. The molecule has 1 aliphatic heterocycles. The summed E-state index contributed by atoms with van der Waals surface area (Å²) in [6.45, 7) is 3.67. The predicted molar refractivity (Wildman–Crippen MR) is 71.4 cm³/mol. The molecule has 0 saturated heterocycles. The van der Waals surface area contributed by atoms with E-state index in [4.69, 9.17) is 0 Å². The molecule has 0 N–H and O–H groups in total. The third-order valence-corrected chi connectivity index (χ3v) is 3.40. The number of rotatable bonds is 2. The van der Waals surface area contributed by atoms with Gasteiger partial charge >= 0.3 is 0 Å². The van der Waals surface area contributed by atoms with Gasteiger partial charge in [-0.25, -0.2) is 0 Å². The highest BCUT2D eigenvalue weighted by atomic mass is 79.9. The number of nitrogens with zero attached hydrogens (tertiary/aromatic N) is 2. The third-order valence-electron chi connectivity index (χ3n) is 2.91. The van der Waals surface area contributed by atoms with Crippen LogP contribution in [0.5, 0.6) is 0 Å². The first-order chi connectivity index (χ1) is 8.08. The van der Waals surface area contributed by atoms with Gasteiger partial charge in [-0.3, -0.25) is 10.1 Å². The molecule has 0 radical (unpaired) electrons. The van der Waals surface area contributed by atoms with Crippen LogP contribution < -0.4 is 4.90 Å². The number of anilines is 1. The van der Waals surface area contributed by atoms with Crippen molar-refractivity contribution in [2.75, 3.05) is 18.0 Å². The summed E-state index contributed by atoms with van der Waals surface area (Å²) in [4.78, 5) is 12.7. The predicted octanol–water partition coefficient (Wildman–Crippen LogP) is 3.51. The van der Waals surface area contributed by atoms with Crippen molar-refractivity contribution in [1.82, 2.24) is 0 Å². The summed E-state index contributed by atoms with van der Waals surface area (Å²) in [5.41, 5.74) is 2.20. The summed E-state index contributed by atoms with van der Waals surface area (Å²) in [7, 11) is 0. The average Bonchev–Trinajstić information content (AvgIpc) is 2.30. The number of hydrogen-bond donors (Lipinski definition) is 0. The molecular weight excluding hydrogens is 284 g/mol. The zero-order chi connectivity index (χ0) is 12.4. The van der Waals surface area contributed by atoms with Crippen LogP contribution in [0, 0.1) is 10.1 Å². The number of benzene rings is 1. The highest BCUT2D eigenvalue weighted by Gasteiger charge is 2.20. The molecule has 17 heavy (non-hydrogen) atoms. The van der Waals surface area contributed by atoms with Crippen molar-refractivity contribution in [3.05, 3.63) is 44.4 Å². The van der Waals surface area contributed by atoms with Gasteiger partial charge in [0.05, 0.1) is 4.92 Å². The van der Waals surface area contributed by atoms with Crippen molar-refractivity contribution in [2.24, 2.45) is 0 Å². The molecule has 0 fully saturated rings. The fourth-order valence-corrected chi connectivity index (χ4v) is 2.25. The minimum Gasteiger partial charge on any atom is -0.362 e. The van der Waals surface area contributed by atoms with E-state index in [1.165, 1.54) is 5.57 Å². The molecule has 0 unspecified atom stereocenters. The van der Waals surface area contributed by atoms with E-state index in [1.54, 1.807) is 12.1 Å². The van der Waals surface area contributed by atoms with E-state index in [0.29, 0.717) is 5.69 Å². The molecule has 5 heteroatoms. The maximum atomic E-state index is 11.0. The second-order valence-electron chi connectivity index (χ2n) is 4.14. The van der Waals surface area contributed by atoms with E-state index in [9.17, 15) is 10.1 Å². The van der Waals surface area contributed by atoms with Crippen molar-refractivity contribution in [3.8, 4) is 0 Å². The monoisotopic (exact) mass is 296 g/mol. The van der Waals surface area contributed by atoms with Gasteiger partial charge in [-0.05, 0) is 25.5 Å². The van der Waals surface area contributed by atoms with Crippen molar-refractivity contribution in [3.63, 3.8) is 0 Å². The summed E-state index contributed by atoms with van der Waals surface area (Å²) < 4.78 is 0.733. The Morgan fingerprint density at radius 2 is 2.24 bits per heavy atom. The summed E-state index contributed by atoms with van der Waals surface area (Å²) in [6.07, 6.45) is 3.09. The van der Waals surface area contributed by atoms with Crippen LogP contribution >= 0.6 is 15.9 Å². The van der Waals surface area contributed by atoms with Crippen LogP contribution in [0.15, 0.2) is 34.3 Å². The molecule has 1 heterocycles. The minimum atomic E-state index is -0.328. The molecule has 1 aliphatic rings. The molecular formula is C12H13BrN2O2. The first kappa shape index (κ1) is 12.1. The Bertz CT molecular complexity index is 485. The second kappa shape index (κ2) is 4.87. The highest BCUT2D eigenvalue weighted by molar-refractivity contribution is 9.10. The van der Waals surface area contributed by atoms with Crippen LogP contribution in [0.25, 0.3) is 0 Å². The molecule has 0 saturated carbocycles. The minimum absolute atomic E-state index is 0.160. The van der Waals surface area contributed by atoms with Gasteiger partial charge in [0.15, 0.2) is 0 Å². The number of hydrogen-bond acceptors (Lipinski definition) is 3. The lowest BCUT2D eigenvalue weighted by molar-refractivity contribution is -0.384. The zero-order valence-electron chi connectivity index (χ0n) is 9.52. The maximum absolute atomic E-state index is 11.0. The Morgan fingerprint density at radius 1 is 1.47 bits per heavy atom. The Kier molecular flexibility index (Phi) is 3.47. The fraction of sp³-hybridized carbons (Fsp3) is 0.333. The largest absolute Gasteiger partial charge is 0.362 e. The quantitative estimate of drug-likeness (QED) is 0.477. The lowest BCUT2D eigenvalue weighted by Gasteiger charge is -2.27. The number of nitro groups is 1. The molecule has 0 atom stereocenters. The molecule has 0 spiro atoms. The van der Waals surface area contributed by atoms with E-state index in [1.807, 2.05) is 11.0 Å². The van der Waals surface area contributed by atoms with Crippen molar-refractivity contribution in [2.45, 2.75) is 13.3 Å². The lowest BCUT2D eigenvalue weighted by Crippen LogP contribution is -2.28. The molecule has 0 aromatic heterocycles.